The third kappa shape index (κ3) is 5.21. The lowest BCUT2D eigenvalue weighted by atomic mass is 9.97. The van der Waals surface area contributed by atoms with Crippen molar-refractivity contribution in [1.29, 1.82) is 0 Å². The predicted molar refractivity (Wildman–Crippen MR) is 130 cm³/mol. The second kappa shape index (κ2) is 9.50. The molecule has 0 fully saturated rings. The molecule has 0 aliphatic carbocycles. The topological polar surface area (TPSA) is 27.6 Å². The highest BCUT2D eigenvalue weighted by molar-refractivity contribution is 6.13. The van der Waals surface area contributed by atoms with E-state index >= 15 is 0 Å². The lowest BCUT2D eigenvalue weighted by molar-refractivity contribution is 0.648. The van der Waals surface area contributed by atoms with Crippen LogP contribution in [-0.4, -0.2) is 5.84 Å². The Morgan fingerprint density at radius 2 is 2.03 bits per heavy atom. The molecule has 0 atom stereocenters. The van der Waals surface area contributed by atoms with Crippen molar-refractivity contribution in [2.75, 3.05) is 4.90 Å². The Bertz CT molecular complexity index is 1100. The number of benzene rings is 2. The van der Waals surface area contributed by atoms with Gasteiger partial charge in [0.05, 0.1) is 5.69 Å². The molecule has 0 saturated heterocycles. The molecule has 1 heterocycles. The van der Waals surface area contributed by atoms with Gasteiger partial charge in [-0.05, 0) is 67.8 Å². The van der Waals surface area contributed by atoms with E-state index in [0.29, 0.717) is 5.92 Å². The van der Waals surface area contributed by atoms with Crippen LogP contribution in [0.5, 0.6) is 0 Å². The third-order valence-corrected chi connectivity index (χ3v) is 4.85. The molecular weight excluding hydrogens is 366 g/mol. The van der Waals surface area contributed by atoms with Gasteiger partial charge in [0, 0.05) is 11.8 Å². The van der Waals surface area contributed by atoms with Crippen molar-refractivity contribution in [3.05, 3.63) is 77.7 Å². The van der Waals surface area contributed by atoms with Gasteiger partial charge in [-0.3, -0.25) is 10.3 Å². The number of amidine groups is 1. The summed E-state index contributed by atoms with van der Waals surface area (Å²) >= 11 is 0. The largest absolute Gasteiger partial charge is 0.278 e. The van der Waals surface area contributed by atoms with Crippen LogP contribution < -0.4 is 10.3 Å². The molecule has 2 aromatic carbocycles. The zero-order valence-corrected chi connectivity index (χ0v) is 18.7. The molecule has 0 aromatic heterocycles. The zero-order chi connectivity index (χ0) is 21.7. The van der Waals surface area contributed by atoms with Crippen LogP contribution in [0.4, 0.5) is 5.69 Å². The second-order valence-electron chi connectivity index (χ2n) is 8.44. The standard InChI is InChI=1S/C27H31N3/c1-19(2)11-9-7-8-10-12-27-29-28-22(6)30(27)26-17-21(5)16-24-18-23(15-20(3)4)13-14-25(24)26/h10-14,16-18,20,28H,6,9,15H2,1-5H3/b12-10+. The maximum Gasteiger partial charge on any atom is 0.159 e. The predicted octanol–water partition coefficient (Wildman–Crippen LogP) is 6.46. The summed E-state index contributed by atoms with van der Waals surface area (Å²) in [6.45, 7) is 15.0. The molecule has 0 radical (unpaired) electrons. The first kappa shape index (κ1) is 21.5. The molecule has 3 heteroatoms. The van der Waals surface area contributed by atoms with E-state index in [1.807, 2.05) is 12.2 Å². The molecule has 30 heavy (non-hydrogen) atoms. The van der Waals surface area contributed by atoms with Gasteiger partial charge in [0.25, 0.3) is 0 Å². The summed E-state index contributed by atoms with van der Waals surface area (Å²) in [4.78, 5) is 2.06. The lowest BCUT2D eigenvalue weighted by Crippen LogP contribution is -2.25. The maximum absolute atomic E-state index is 4.44. The fraction of sp³-hybridized carbons (Fsp3) is 0.296. The van der Waals surface area contributed by atoms with E-state index in [1.165, 1.54) is 27.5 Å². The highest BCUT2D eigenvalue weighted by Gasteiger charge is 2.23. The van der Waals surface area contributed by atoms with Gasteiger partial charge in [0.2, 0.25) is 0 Å². The first-order valence-corrected chi connectivity index (χ1v) is 10.5. The van der Waals surface area contributed by atoms with Gasteiger partial charge in [0.15, 0.2) is 5.84 Å². The van der Waals surface area contributed by atoms with Crippen molar-refractivity contribution in [1.82, 2.24) is 5.43 Å². The summed E-state index contributed by atoms with van der Waals surface area (Å²) in [5.41, 5.74) is 7.96. The van der Waals surface area contributed by atoms with Crippen molar-refractivity contribution >= 4 is 22.3 Å². The van der Waals surface area contributed by atoms with E-state index in [1.54, 1.807) is 0 Å². The van der Waals surface area contributed by atoms with Gasteiger partial charge in [-0.1, -0.05) is 68.2 Å². The summed E-state index contributed by atoms with van der Waals surface area (Å²) in [7, 11) is 0. The van der Waals surface area contributed by atoms with Crippen molar-refractivity contribution in [2.24, 2.45) is 11.0 Å². The summed E-state index contributed by atoms with van der Waals surface area (Å²) in [5, 5.41) is 6.87. The average molecular weight is 398 g/mol. The number of rotatable bonds is 5. The summed E-state index contributed by atoms with van der Waals surface area (Å²) < 4.78 is 0. The zero-order valence-electron chi connectivity index (χ0n) is 18.7. The molecule has 1 aliphatic rings. The SMILES string of the molecule is C=C1NN=C(/C=C/C#CCC=C(C)C)N1c1cc(C)cc2cc(CC(C)C)ccc12. The number of hydrogen-bond donors (Lipinski definition) is 1. The first-order valence-electron chi connectivity index (χ1n) is 10.5. The Morgan fingerprint density at radius 1 is 1.23 bits per heavy atom. The van der Waals surface area contributed by atoms with Crippen LogP contribution in [-0.2, 0) is 6.42 Å². The summed E-state index contributed by atoms with van der Waals surface area (Å²) in [5.74, 6) is 8.39. The summed E-state index contributed by atoms with van der Waals surface area (Å²) in [6, 6.07) is 11.2. The number of hydrazone groups is 1. The number of nitrogens with one attached hydrogen (secondary N) is 1. The molecule has 0 amide bonds. The molecule has 0 spiro atoms. The molecular formula is C27H31N3. The Hall–Kier alpha value is -3.25. The number of hydrogen-bond acceptors (Lipinski definition) is 3. The van der Waals surface area contributed by atoms with Crippen LogP contribution in [0.2, 0.25) is 0 Å². The molecule has 1 aliphatic heterocycles. The van der Waals surface area contributed by atoms with E-state index in [-0.39, 0.29) is 0 Å². The Morgan fingerprint density at radius 3 is 2.77 bits per heavy atom. The third-order valence-electron chi connectivity index (χ3n) is 4.85. The van der Waals surface area contributed by atoms with Crippen LogP contribution in [0.3, 0.4) is 0 Å². The molecule has 1 N–H and O–H groups in total. The van der Waals surface area contributed by atoms with Gasteiger partial charge in [-0.25, -0.2) is 0 Å². The monoisotopic (exact) mass is 397 g/mol. The normalized spacial score (nSPS) is 13.5. The van der Waals surface area contributed by atoms with Crippen LogP contribution >= 0.6 is 0 Å². The van der Waals surface area contributed by atoms with Gasteiger partial charge in [0.1, 0.15) is 5.82 Å². The van der Waals surface area contributed by atoms with E-state index < -0.39 is 0 Å². The van der Waals surface area contributed by atoms with Crippen molar-refractivity contribution in [2.45, 2.75) is 47.5 Å². The van der Waals surface area contributed by atoms with Gasteiger partial charge >= 0.3 is 0 Å². The fourth-order valence-corrected chi connectivity index (χ4v) is 3.56. The number of fused-ring (bicyclic) bond motifs is 1. The van der Waals surface area contributed by atoms with Gasteiger partial charge < -0.3 is 0 Å². The Kier molecular flexibility index (Phi) is 6.79. The number of anilines is 1. The van der Waals surface area contributed by atoms with Crippen molar-refractivity contribution in [3.63, 3.8) is 0 Å². The van der Waals surface area contributed by atoms with Crippen molar-refractivity contribution < 1.29 is 0 Å². The fourth-order valence-electron chi connectivity index (χ4n) is 3.56. The molecule has 2 aromatic rings. The average Bonchev–Trinajstić information content (AvgIpc) is 3.03. The smallest absolute Gasteiger partial charge is 0.159 e. The minimum atomic E-state index is 0.635. The maximum atomic E-state index is 4.44. The Labute approximate surface area is 180 Å². The molecule has 3 nitrogen and oxygen atoms in total. The number of allylic oxidation sites excluding steroid dienone is 3. The molecule has 0 saturated carbocycles. The van der Waals surface area contributed by atoms with Crippen LogP contribution in [0.15, 0.2) is 71.6 Å². The summed E-state index contributed by atoms with van der Waals surface area (Å²) in [6.07, 6.45) is 7.74. The minimum Gasteiger partial charge on any atom is -0.278 e. The minimum absolute atomic E-state index is 0.635. The highest BCUT2D eigenvalue weighted by Crippen LogP contribution is 2.33. The van der Waals surface area contributed by atoms with Crippen LogP contribution in [0, 0.1) is 24.7 Å². The molecule has 0 bridgehead atoms. The molecule has 3 rings (SSSR count). The highest BCUT2D eigenvalue weighted by atomic mass is 15.5. The van der Waals surface area contributed by atoms with E-state index in [0.717, 1.165) is 30.2 Å². The van der Waals surface area contributed by atoms with E-state index in [2.05, 4.69) is 105 Å². The molecule has 154 valence electrons. The second-order valence-corrected chi connectivity index (χ2v) is 8.44. The van der Waals surface area contributed by atoms with Gasteiger partial charge in [-0.15, -0.1) is 0 Å². The van der Waals surface area contributed by atoms with Crippen LogP contribution in [0.25, 0.3) is 10.8 Å². The van der Waals surface area contributed by atoms with Crippen LogP contribution in [0.1, 0.15) is 45.2 Å². The number of nitrogens with zero attached hydrogens (tertiary/aromatic N) is 2. The lowest BCUT2D eigenvalue weighted by Gasteiger charge is -2.22. The Balaban J connectivity index is 1.93. The molecule has 0 unspecified atom stereocenters. The quantitative estimate of drug-likeness (QED) is 0.463. The van der Waals surface area contributed by atoms with E-state index in [9.17, 15) is 0 Å². The van der Waals surface area contributed by atoms with Crippen molar-refractivity contribution in [3.8, 4) is 11.8 Å². The number of aryl methyl sites for hydroxylation is 1. The first-order chi connectivity index (χ1) is 14.3. The van der Waals surface area contributed by atoms with Gasteiger partial charge in [-0.2, -0.15) is 5.10 Å². The van der Waals surface area contributed by atoms with E-state index in [4.69, 9.17) is 0 Å².